The number of ether oxygens (including phenoxy) is 1. The van der Waals surface area contributed by atoms with E-state index in [-0.39, 0.29) is 34.0 Å². The average molecular weight is 455 g/mol. The Kier molecular flexibility index (Phi) is 7.06. The minimum atomic E-state index is -4.10. The molecule has 9 nitrogen and oxygen atoms in total. The summed E-state index contributed by atoms with van der Waals surface area (Å²) < 4.78 is 33.6. The highest BCUT2D eigenvalue weighted by Gasteiger charge is 2.21. The van der Waals surface area contributed by atoms with E-state index < -0.39 is 21.8 Å². The zero-order valence-corrected chi connectivity index (χ0v) is 18.3. The predicted molar refractivity (Wildman–Crippen MR) is 119 cm³/mol. The molecular formula is C22H22N4O5S. The number of amides is 2. The van der Waals surface area contributed by atoms with Crippen LogP contribution in [0.2, 0.25) is 0 Å². The first-order valence-corrected chi connectivity index (χ1v) is 11.0. The van der Waals surface area contributed by atoms with Crippen molar-refractivity contribution in [1.29, 1.82) is 0 Å². The minimum Gasteiger partial charge on any atom is -0.496 e. The molecule has 166 valence electrons. The lowest BCUT2D eigenvalue weighted by Gasteiger charge is -2.14. The van der Waals surface area contributed by atoms with Gasteiger partial charge in [-0.3, -0.25) is 19.3 Å². The third-order valence-electron chi connectivity index (χ3n) is 4.54. The molecule has 2 amide bonds. The molecule has 0 spiro atoms. The number of pyridine rings is 1. The van der Waals surface area contributed by atoms with Gasteiger partial charge in [0.15, 0.2) is 0 Å². The van der Waals surface area contributed by atoms with E-state index in [9.17, 15) is 18.0 Å². The molecule has 1 heterocycles. The van der Waals surface area contributed by atoms with Gasteiger partial charge >= 0.3 is 0 Å². The lowest BCUT2D eigenvalue weighted by molar-refractivity contribution is 0.0946. The summed E-state index contributed by atoms with van der Waals surface area (Å²) in [7, 11) is -1.29. The van der Waals surface area contributed by atoms with E-state index in [1.165, 1.54) is 44.5 Å². The largest absolute Gasteiger partial charge is 0.496 e. The summed E-state index contributed by atoms with van der Waals surface area (Å²) in [6, 6.07) is 13.7. The number of para-hydroxylation sites is 1. The number of carbonyl (C=O) groups is 2. The van der Waals surface area contributed by atoms with Gasteiger partial charge in [0, 0.05) is 26.0 Å². The maximum atomic E-state index is 13.0. The van der Waals surface area contributed by atoms with E-state index in [1.807, 2.05) is 6.07 Å². The van der Waals surface area contributed by atoms with Crippen LogP contribution in [0.5, 0.6) is 5.75 Å². The highest BCUT2D eigenvalue weighted by atomic mass is 32.2. The molecule has 10 heteroatoms. The molecule has 0 aliphatic rings. The molecule has 0 saturated carbocycles. The molecule has 3 aromatic rings. The Morgan fingerprint density at radius 1 is 1.00 bits per heavy atom. The van der Waals surface area contributed by atoms with E-state index in [1.54, 1.807) is 30.6 Å². The van der Waals surface area contributed by atoms with Crippen LogP contribution in [0, 0.1) is 0 Å². The first-order valence-electron chi connectivity index (χ1n) is 9.55. The van der Waals surface area contributed by atoms with Crippen molar-refractivity contribution in [3.63, 3.8) is 0 Å². The van der Waals surface area contributed by atoms with Crippen molar-refractivity contribution in [3.8, 4) is 5.75 Å². The number of sulfonamides is 1. The second-order valence-electron chi connectivity index (χ2n) is 6.64. The summed E-state index contributed by atoms with van der Waals surface area (Å²) >= 11 is 0. The second-order valence-corrected chi connectivity index (χ2v) is 8.32. The number of hydrogen-bond acceptors (Lipinski definition) is 6. The fraction of sp³-hybridized carbons (Fsp3) is 0.136. The van der Waals surface area contributed by atoms with Gasteiger partial charge in [-0.15, -0.1) is 0 Å². The summed E-state index contributed by atoms with van der Waals surface area (Å²) in [4.78, 5) is 28.6. The number of methoxy groups -OCH3 is 1. The molecule has 0 saturated heterocycles. The van der Waals surface area contributed by atoms with Crippen LogP contribution in [0.4, 0.5) is 5.69 Å². The molecule has 0 aliphatic carbocycles. The SMILES string of the molecule is CNC(=O)c1cc(S(=O)(=O)Nc2ccccc2C(=O)NCc2cccnc2)ccc1OC. The molecular weight excluding hydrogens is 432 g/mol. The number of benzene rings is 2. The summed E-state index contributed by atoms with van der Waals surface area (Å²) in [6.07, 6.45) is 3.26. The van der Waals surface area contributed by atoms with Crippen LogP contribution in [0.1, 0.15) is 26.3 Å². The molecule has 0 fully saturated rings. The Bertz CT molecular complexity index is 1230. The molecule has 0 unspecified atom stereocenters. The van der Waals surface area contributed by atoms with Crippen LogP contribution in [0.15, 0.2) is 71.9 Å². The highest BCUT2D eigenvalue weighted by Crippen LogP contribution is 2.25. The normalized spacial score (nSPS) is 10.8. The molecule has 1 aromatic heterocycles. The lowest BCUT2D eigenvalue weighted by Crippen LogP contribution is -2.25. The lowest BCUT2D eigenvalue weighted by atomic mass is 10.1. The zero-order chi connectivity index (χ0) is 23.1. The van der Waals surface area contributed by atoms with Crippen molar-refractivity contribution in [2.24, 2.45) is 0 Å². The molecule has 3 rings (SSSR count). The molecule has 0 radical (unpaired) electrons. The first kappa shape index (κ1) is 22.8. The Morgan fingerprint density at radius 3 is 2.47 bits per heavy atom. The minimum absolute atomic E-state index is 0.0698. The van der Waals surface area contributed by atoms with E-state index in [4.69, 9.17) is 4.74 Å². The molecule has 0 bridgehead atoms. The fourth-order valence-electron chi connectivity index (χ4n) is 2.92. The average Bonchev–Trinajstić information content (AvgIpc) is 2.82. The number of carbonyl (C=O) groups excluding carboxylic acids is 2. The van der Waals surface area contributed by atoms with Gasteiger partial charge < -0.3 is 15.4 Å². The van der Waals surface area contributed by atoms with Crippen molar-refractivity contribution < 1.29 is 22.7 Å². The Labute approximate surface area is 185 Å². The van der Waals surface area contributed by atoms with Crippen LogP contribution in [-0.4, -0.2) is 39.4 Å². The second kappa shape index (κ2) is 9.92. The van der Waals surface area contributed by atoms with Crippen molar-refractivity contribution >= 4 is 27.5 Å². The molecule has 3 N–H and O–H groups in total. The summed E-state index contributed by atoms with van der Waals surface area (Å²) in [5, 5.41) is 5.19. The van der Waals surface area contributed by atoms with Crippen LogP contribution in [0.25, 0.3) is 0 Å². The number of nitrogens with zero attached hydrogens (tertiary/aromatic N) is 1. The number of anilines is 1. The number of nitrogens with one attached hydrogen (secondary N) is 3. The molecule has 0 aliphatic heterocycles. The van der Waals surface area contributed by atoms with Crippen LogP contribution in [0.3, 0.4) is 0 Å². The Balaban J connectivity index is 1.86. The van der Waals surface area contributed by atoms with Gasteiger partial charge in [-0.2, -0.15) is 0 Å². The van der Waals surface area contributed by atoms with Gasteiger partial charge in [-0.05, 0) is 42.0 Å². The predicted octanol–water partition coefficient (Wildman–Crippen LogP) is 2.18. The topological polar surface area (TPSA) is 126 Å². The third-order valence-corrected chi connectivity index (χ3v) is 5.91. The van der Waals surface area contributed by atoms with E-state index in [0.29, 0.717) is 0 Å². The zero-order valence-electron chi connectivity index (χ0n) is 17.5. The van der Waals surface area contributed by atoms with E-state index in [0.717, 1.165) is 5.56 Å². The third kappa shape index (κ3) is 5.22. The van der Waals surface area contributed by atoms with Gasteiger partial charge in [0.05, 0.1) is 28.8 Å². The first-order chi connectivity index (χ1) is 15.4. The quantitative estimate of drug-likeness (QED) is 0.479. The summed E-state index contributed by atoms with van der Waals surface area (Å²) in [5.74, 6) is -0.708. The van der Waals surface area contributed by atoms with Gasteiger partial charge in [-0.25, -0.2) is 8.42 Å². The highest BCUT2D eigenvalue weighted by molar-refractivity contribution is 7.92. The van der Waals surface area contributed by atoms with Crippen LogP contribution in [-0.2, 0) is 16.6 Å². The van der Waals surface area contributed by atoms with Gasteiger partial charge in [0.2, 0.25) is 0 Å². The summed E-state index contributed by atoms with van der Waals surface area (Å²) in [5.41, 5.74) is 1.13. The molecule has 32 heavy (non-hydrogen) atoms. The maximum absolute atomic E-state index is 13.0. The number of rotatable bonds is 8. The smallest absolute Gasteiger partial charge is 0.261 e. The number of hydrogen-bond donors (Lipinski definition) is 3. The van der Waals surface area contributed by atoms with Crippen molar-refractivity contribution in [1.82, 2.24) is 15.6 Å². The van der Waals surface area contributed by atoms with Crippen molar-refractivity contribution in [2.45, 2.75) is 11.4 Å². The number of aromatic nitrogens is 1. The van der Waals surface area contributed by atoms with Gasteiger partial charge in [0.25, 0.3) is 21.8 Å². The van der Waals surface area contributed by atoms with Gasteiger partial charge in [-0.1, -0.05) is 18.2 Å². The van der Waals surface area contributed by atoms with E-state index in [2.05, 4.69) is 20.3 Å². The van der Waals surface area contributed by atoms with Crippen molar-refractivity contribution in [3.05, 3.63) is 83.7 Å². The van der Waals surface area contributed by atoms with Crippen LogP contribution < -0.4 is 20.1 Å². The van der Waals surface area contributed by atoms with Gasteiger partial charge in [0.1, 0.15) is 5.75 Å². The molecule has 0 atom stereocenters. The summed E-state index contributed by atoms with van der Waals surface area (Å²) in [6.45, 7) is 0.238. The standard InChI is InChI=1S/C22H22N4O5S/c1-23-21(27)18-12-16(9-10-20(18)31-2)32(29,30)26-19-8-4-3-7-17(19)22(28)25-14-15-6-5-11-24-13-15/h3-13,26H,14H2,1-2H3,(H,23,27)(H,25,28). The molecule has 2 aromatic carbocycles. The Hall–Kier alpha value is -3.92. The monoisotopic (exact) mass is 454 g/mol. The Morgan fingerprint density at radius 2 is 1.78 bits per heavy atom. The van der Waals surface area contributed by atoms with E-state index >= 15 is 0 Å². The maximum Gasteiger partial charge on any atom is 0.261 e. The fourth-order valence-corrected chi connectivity index (χ4v) is 4.03. The van der Waals surface area contributed by atoms with Crippen LogP contribution >= 0.6 is 0 Å². The van der Waals surface area contributed by atoms with Crippen molar-refractivity contribution in [2.75, 3.05) is 18.9 Å².